The molecule has 3 N–H and O–H groups in total. The molecule has 2 aromatic rings. The topological polar surface area (TPSA) is 72.0 Å². The van der Waals surface area contributed by atoms with E-state index >= 15 is 0 Å². The number of ether oxygens (including phenoxy) is 1. The Balaban J connectivity index is 2.06. The van der Waals surface area contributed by atoms with E-state index in [9.17, 15) is 9.59 Å². The van der Waals surface area contributed by atoms with Gasteiger partial charge in [-0.3, -0.25) is 9.59 Å². The van der Waals surface area contributed by atoms with Crippen LogP contribution in [-0.4, -0.2) is 25.5 Å². The Morgan fingerprint density at radius 1 is 1.19 bits per heavy atom. The number of methoxy groups -OCH3 is 1. The highest BCUT2D eigenvalue weighted by atomic mass is 35.5. The Morgan fingerprint density at radius 3 is 2.58 bits per heavy atom. The minimum absolute atomic E-state index is 0.130. The largest absolute Gasteiger partial charge is 0.469 e. The number of quaternary nitrogens is 1. The van der Waals surface area contributed by atoms with E-state index in [1.807, 2.05) is 54.7 Å². The highest BCUT2D eigenvalue weighted by molar-refractivity contribution is 6.31. The maximum Gasteiger partial charge on any atom is 0.305 e. The van der Waals surface area contributed by atoms with Crippen molar-refractivity contribution >= 4 is 29.2 Å². The SMILES string of the molecule is COC(=O)CCC[NH2+][C@@H](C(=O)Nc1ccc(C)c(Cl)c1)c1ccccc1. The molecule has 26 heavy (non-hydrogen) atoms. The first-order valence-electron chi connectivity index (χ1n) is 8.53. The van der Waals surface area contributed by atoms with Gasteiger partial charge < -0.3 is 15.4 Å². The Morgan fingerprint density at radius 2 is 1.92 bits per heavy atom. The zero-order valence-corrected chi connectivity index (χ0v) is 15.8. The quantitative estimate of drug-likeness (QED) is 0.550. The first kappa shape index (κ1) is 19.9. The molecule has 0 unspecified atom stereocenters. The van der Waals surface area contributed by atoms with Gasteiger partial charge in [0.15, 0.2) is 6.04 Å². The molecule has 0 radical (unpaired) electrons. The van der Waals surface area contributed by atoms with Gasteiger partial charge in [0.05, 0.1) is 20.1 Å². The van der Waals surface area contributed by atoms with Crippen LogP contribution >= 0.6 is 11.6 Å². The molecule has 0 aliphatic rings. The molecule has 138 valence electrons. The molecule has 0 heterocycles. The maximum absolute atomic E-state index is 12.8. The zero-order chi connectivity index (χ0) is 18.9. The third-order valence-electron chi connectivity index (χ3n) is 4.10. The normalized spacial score (nSPS) is 11.7. The molecule has 2 rings (SSSR count). The van der Waals surface area contributed by atoms with Crippen molar-refractivity contribution in [2.75, 3.05) is 19.0 Å². The van der Waals surface area contributed by atoms with Gasteiger partial charge in [0, 0.05) is 22.7 Å². The van der Waals surface area contributed by atoms with Gasteiger partial charge in [0.2, 0.25) is 0 Å². The van der Waals surface area contributed by atoms with Gasteiger partial charge >= 0.3 is 5.97 Å². The van der Waals surface area contributed by atoms with Crippen molar-refractivity contribution in [3.8, 4) is 0 Å². The second-order valence-electron chi connectivity index (χ2n) is 6.05. The van der Waals surface area contributed by atoms with Crippen LogP contribution in [0.1, 0.15) is 30.0 Å². The van der Waals surface area contributed by atoms with Crippen molar-refractivity contribution in [1.29, 1.82) is 0 Å². The lowest BCUT2D eigenvalue weighted by Gasteiger charge is -2.16. The molecule has 0 saturated heterocycles. The number of halogens is 1. The highest BCUT2D eigenvalue weighted by Crippen LogP contribution is 2.21. The fourth-order valence-electron chi connectivity index (χ4n) is 2.58. The van der Waals surface area contributed by atoms with E-state index in [1.54, 1.807) is 6.07 Å². The van der Waals surface area contributed by atoms with Gasteiger partial charge in [-0.1, -0.05) is 48.0 Å². The fourth-order valence-corrected chi connectivity index (χ4v) is 2.76. The predicted molar refractivity (Wildman–Crippen MR) is 102 cm³/mol. The molecule has 0 saturated carbocycles. The summed E-state index contributed by atoms with van der Waals surface area (Å²) in [4.78, 5) is 24.0. The van der Waals surface area contributed by atoms with Crippen molar-refractivity contribution in [1.82, 2.24) is 0 Å². The molecular weight excluding hydrogens is 352 g/mol. The molecule has 6 heteroatoms. The van der Waals surface area contributed by atoms with Crippen LogP contribution in [0, 0.1) is 6.92 Å². The van der Waals surface area contributed by atoms with Crippen LogP contribution in [0.3, 0.4) is 0 Å². The summed E-state index contributed by atoms with van der Waals surface area (Å²) in [5.41, 5.74) is 2.52. The summed E-state index contributed by atoms with van der Waals surface area (Å²) in [6.07, 6.45) is 0.976. The Kier molecular flexibility index (Phi) is 7.63. The molecule has 5 nitrogen and oxygen atoms in total. The number of anilines is 1. The second-order valence-corrected chi connectivity index (χ2v) is 6.45. The third-order valence-corrected chi connectivity index (χ3v) is 4.50. The van der Waals surface area contributed by atoms with Crippen LogP contribution in [0.15, 0.2) is 48.5 Å². The maximum atomic E-state index is 12.8. The van der Waals surface area contributed by atoms with Gasteiger partial charge in [-0.05, 0) is 24.6 Å². The highest BCUT2D eigenvalue weighted by Gasteiger charge is 2.24. The van der Waals surface area contributed by atoms with Gasteiger partial charge in [-0.15, -0.1) is 0 Å². The molecule has 0 bridgehead atoms. The Hall–Kier alpha value is -2.37. The number of carbonyl (C=O) groups excluding carboxylic acids is 2. The van der Waals surface area contributed by atoms with Gasteiger partial charge in [0.25, 0.3) is 5.91 Å². The standard InChI is InChI=1S/C20H23ClN2O3/c1-14-10-11-16(13-17(14)21)23-20(25)19(15-7-4-3-5-8-15)22-12-6-9-18(24)26-2/h3-5,7-8,10-11,13,19,22H,6,9,12H2,1-2H3,(H,23,25)/p+1/t19-/m1/s1. The van der Waals surface area contributed by atoms with E-state index in [4.69, 9.17) is 11.6 Å². The van der Waals surface area contributed by atoms with E-state index in [0.717, 1.165) is 11.1 Å². The number of aryl methyl sites for hydroxylation is 1. The summed E-state index contributed by atoms with van der Waals surface area (Å²) in [6.45, 7) is 2.55. The summed E-state index contributed by atoms with van der Waals surface area (Å²) in [5.74, 6) is -0.373. The lowest BCUT2D eigenvalue weighted by molar-refractivity contribution is -0.682. The number of amides is 1. The number of hydrogen-bond donors (Lipinski definition) is 2. The first-order valence-corrected chi connectivity index (χ1v) is 8.91. The van der Waals surface area contributed by atoms with E-state index in [1.165, 1.54) is 7.11 Å². The molecule has 2 aromatic carbocycles. The number of hydrogen-bond acceptors (Lipinski definition) is 3. The van der Waals surface area contributed by atoms with E-state index in [-0.39, 0.29) is 11.9 Å². The molecule has 0 fully saturated rings. The van der Waals surface area contributed by atoms with Gasteiger partial charge in [-0.2, -0.15) is 0 Å². The summed E-state index contributed by atoms with van der Waals surface area (Å²) in [5, 5.41) is 5.47. The molecule has 0 aromatic heterocycles. The van der Waals surface area contributed by atoms with Crippen molar-refractivity contribution in [2.45, 2.75) is 25.8 Å². The van der Waals surface area contributed by atoms with Crippen LogP contribution in [-0.2, 0) is 14.3 Å². The minimum Gasteiger partial charge on any atom is -0.469 e. The Bertz CT molecular complexity index is 750. The molecular formula is C20H24ClN2O3+. The van der Waals surface area contributed by atoms with Crippen LogP contribution in [0.2, 0.25) is 5.02 Å². The number of nitrogens with two attached hydrogens (primary N) is 1. The summed E-state index contributed by atoms with van der Waals surface area (Å²) in [7, 11) is 1.37. The average molecular weight is 376 g/mol. The smallest absolute Gasteiger partial charge is 0.305 e. The zero-order valence-electron chi connectivity index (χ0n) is 15.0. The average Bonchev–Trinajstić information content (AvgIpc) is 2.65. The number of esters is 1. The Labute approximate surface area is 158 Å². The molecule has 1 amide bonds. The van der Waals surface area contributed by atoms with Crippen LogP contribution in [0.5, 0.6) is 0 Å². The van der Waals surface area contributed by atoms with E-state index in [0.29, 0.717) is 30.1 Å². The fraction of sp³-hybridized carbons (Fsp3) is 0.300. The van der Waals surface area contributed by atoms with Gasteiger partial charge in [-0.25, -0.2) is 0 Å². The summed E-state index contributed by atoms with van der Waals surface area (Å²) in [6, 6.07) is 14.6. The van der Waals surface area contributed by atoms with Gasteiger partial charge in [0.1, 0.15) is 0 Å². The molecule has 0 aliphatic heterocycles. The van der Waals surface area contributed by atoms with Crippen LogP contribution in [0.25, 0.3) is 0 Å². The number of carbonyl (C=O) groups is 2. The van der Waals surface area contributed by atoms with Crippen LogP contribution in [0.4, 0.5) is 5.69 Å². The lowest BCUT2D eigenvalue weighted by Crippen LogP contribution is -2.87. The van der Waals surface area contributed by atoms with E-state index < -0.39 is 6.04 Å². The van der Waals surface area contributed by atoms with Crippen molar-refractivity contribution in [3.63, 3.8) is 0 Å². The lowest BCUT2D eigenvalue weighted by atomic mass is 10.1. The molecule has 1 atom stereocenters. The van der Waals surface area contributed by atoms with Crippen molar-refractivity contribution in [3.05, 3.63) is 64.7 Å². The molecule has 0 aliphatic carbocycles. The summed E-state index contributed by atoms with van der Waals surface area (Å²) < 4.78 is 4.64. The van der Waals surface area contributed by atoms with Crippen molar-refractivity contribution in [2.24, 2.45) is 0 Å². The summed E-state index contributed by atoms with van der Waals surface area (Å²) >= 11 is 6.14. The monoisotopic (exact) mass is 375 g/mol. The van der Waals surface area contributed by atoms with E-state index in [2.05, 4.69) is 10.1 Å². The van der Waals surface area contributed by atoms with Crippen LogP contribution < -0.4 is 10.6 Å². The van der Waals surface area contributed by atoms with Crippen molar-refractivity contribution < 1.29 is 19.6 Å². The first-order chi connectivity index (χ1) is 12.5. The number of rotatable bonds is 8. The predicted octanol–water partition coefficient (Wildman–Crippen LogP) is 2.84. The number of nitrogens with one attached hydrogen (secondary N) is 1. The second kappa shape index (κ2) is 9.94. The molecule has 0 spiro atoms. The third kappa shape index (κ3) is 5.86. The number of benzene rings is 2. The minimum atomic E-state index is -0.408.